The van der Waals surface area contributed by atoms with E-state index in [0.717, 1.165) is 18.4 Å². The molecule has 2 aliphatic rings. The summed E-state index contributed by atoms with van der Waals surface area (Å²) in [4.78, 5) is 29.9. The van der Waals surface area contributed by atoms with Crippen molar-refractivity contribution in [3.63, 3.8) is 0 Å². The van der Waals surface area contributed by atoms with Crippen LogP contribution in [0.1, 0.15) is 37.7 Å². The predicted octanol–water partition coefficient (Wildman–Crippen LogP) is 1.77. The van der Waals surface area contributed by atoms with Crippen LogP contribution in [0.15, 0.2) is 33.9 Å². The van der Waals surface area contributed by atoms with Crippen molar-refractivity contribution in [3.05, 3.63) is 56.5 Å². The Morgan fingerprint density at radius 2 is 1.94 bits per heavy atom. The Labute approximate surface area is 191 Å². The molecule has 176 valence electrons. The third kappa shape index (κ3) is 4.97. The molecule has 0 amide bonds. The van der Waals surface area contributed by atoms with Gasteiger partial charge in [0, 0.05) is 32.8 Å². The zero-order valence-corrected chi connectivity index (χ0v) is 18.8. The Balaban J connectivity index is 1.67. The number of nitrogens with zero attached hydrogens (tertiary/aromatic N) is 4. The molecule has 0 spiro atoms. The fourth-order valence-electron chi connectivity index (χ4n) is 4.07. The summed E-state index contributed by atoms with van der Waals surface area (Å²) in [5.41, 5.74) is 0.422. The number of unbranched alkanes of at least 4 members (excludes halogenated alkanes) is 1. The van der Waals surface area contributed by atoms with Crippen molar-refractivity contribution < 1.29 is 14.2 Å². The largest absolute Gasteiger partial charge is 0.396 e. The molecule has 0 atom stereocenters. The van der Waals surface area contributed by atoms with Gasteiger partial charge in [0.05, 0.1) is 6.10 Å². The maximum absolute atomic E-state index is 13.4. The summed E-state index contributed by atoms with van der Waals surface area (Å²) in [6.07, 6.45) is 4.60. The van der Waals surface area contributed by atoms with Crippen LogP contribution in [0.3, 0.4) is 0 Å². The van der Waals surface area contributed by atoms with Gasteiger partial charge in [-0.05, 0) is 49.8 Å². The SMILES string of the molecule is Cn1c2c(c(=O)n(CCCCO)c1=O)N(Cc1ccc(F)cc1)CN2C#CCOC1CCC1. The van der Waals surface area contributed by atoms with Crippen LogP contribution in [0.25, 0.3) is 0 Å². The minimum Gasteiger partial charge on any atom is -0.396 e. The van der Waals surface area contributed by atoms with Crippen LogP contribution in [-0.4, -0.2) is 40.2 Å². The molecule has 2 heterocycles. The van der Waals surface area contributed by atoms with Gasteiger partial charge in [0.1, 0.15) is 24.8 Å². The van der Waals surface area contributed by atoms with Gasteiger partial charge in [-0.2, -0.15) is 0 Å². The number of ether oxygens (including phenoxy) is 1. The van der Waals surface area contributed by atoms with Crippen molar-refractivity contribution in [3.8, 4) is 12.0 Å². The van der Waals surface area contributed by atoms with Crippen molar-refractivity contribution in [2.75, 3.05) is 29.7 Å². The highest BCUT2D eigenvalue weighted by molar-refractivity contribution is 5.74. The van der Waals surface area contributed by atoms with Crippen molar-refractivity contribution in [1.82, 2.24) is 9.13 Å². The van der Waals surface area contributed by atoms with E-state index in [0.29, 0.717) is 44.2 Å². The molecule has 2 aromatic rings. The number of benzene rings is 1. The average Bonchev–Trinajstić information content (AvgIpc) is 3.13. The first kappa shape index (κ1) is 23.1. The summed E-state index contributed by atoms with van der Waals surface area (Å²) in [7, 11) is 1.63. The Bertz CT molecular complexity index is 1160. The standard InChI is InChI=1S/C24H29FN4O4/c1-26-22-21(23(31)29(24(26)32)13-2-3-14-30)28(16-18-8-10-19(25)11-9-18)17-27(22)12-5-15-33-20-6-4-7-20/h8-11,20,30H,2-4,6-7,13-17H2,1H3. The molecule has 1 aromatic heterocycles. The number of hydrogen-bond acceptors (Lipinski definition) is 6. The van der Waals surface area contributed by atoms with Crippen molar-refractivity contribution in [1.29, 1.82) is 0 Å². The monoisotopic (exact) mass is 456 g/mol. The normalized spacial score (nSPS) is 15.2. The molecule has 0 bridgehead atoms. The molecule has 8 nitrogen and oxygen atoms in total. The van der Waals surface area contributed by atoms with Crippen molar-refractivity contribution in [2.45, 2.75) is 51.3 Å². The summed E-state index contributed by atoms with van der Waals surface area (Å²) < 4.78 is 21.7. The molecule has 1 fully saturated rings. The number of anilines is 2. The smallest absolute Gasteiger partial charge is 0.332 e. The van der Waals surface area contributed by atoms with Gasteiger partial charge in [-0.15, -0.1) is 0 Å². The van der Waals surface area contributed by atoms with Gasteiger partial charge in [0.25, 0.3) is 5.56 Å². The van der Waals surface area contributed by atoms with E-state index in [4.69, 9.17) is 9.84 Å². The van der Waals surface area contributed by atoms with E-state index in [2.05, 4.69) is 12.0 Å². The fourth-order valence-corrected chi connectivity index (χ4v) is 4.07. The van der Waals surface area contributed by atoms with E-state index >= 15 is 0 Å². The highest BCUT2D eigenvalue weighted by Gasteiger charge is 2.33. The minimum atomic E-state index is -0.419. The van der Waals surface area contributed by atoms with E-state index in [9.17, 15) is 14.0 Å². The maximum Gasteiger partial charge on any atom is 0.332 e. The minimum absolute atomic E-state index is 0.00297. The topological polar surface area (TPSA) is 79.9 Å². The quantitative estimate of drug-likeness (QED) is 0.482. The molecule has 0 unspecified atom stereocenters. The Kier molecular flexibility index (Phi) is 7.16. The molecule has 1 saturated carbocycles. The van der Waals surface area contributed by atoms with Gasteiger partial charge in [0.2, 0.25) is 0 Å². The molecule has 33 heavy (non-hydrogen) atoms. The van der Waals surface area contributed by atoms with Crippen LogP contribution in [0.5, 0.6) is 0 Å². The maximum atomic E-state index is 13.4. The van der Waals surface area contributed by atoms with Gasteiger partial charge in [0.15, 0.2) is 5.82 Å². The number of aliphatic hydroxyl groups is 1. The molecule has 1 aliphatic carbocycles. The summed E-state index contributed by atoms with van der Waals surface area (Å²) in [6, 6.07) is 9.17. The second kappa shape index (κ2) is 10.2. The second-order valence-electron chi connectivity index (χ2n) is 8.45. The van der Waals surface area contributed by atoms with Gasteiger partial charge in [-0.25, -0.2) is 9.18 Å². The summed E-state index contributed by atoms with van der Waals surface area (Å²) in [6.45, 7) is 1.19. The highest BCUT2D eigenvalue weighted by Crippen LogP contribution is 2.32. The van der Waals surface area contributed by atoms with Crippen LogP contribution in [0.2, 0.25) is 0 Å². The van der Waals surface area contributed by atoms with Crippen molar-refractivity contribution in [2.24, 2.45) is 7.05 Å². The summed E-state index contributed by atoms with van der Waals surface area (Å²) in [5.74, 6) is 3.13. The number of aromatic nitrogens is 2. The van der Waals surface area contributed by atoms with Crippen LogP contribution < -0.4 is 21.0 Å². The molecular weight excluding hydrogens is 427 g/mol. The molecule has 1 aromatic carbocycles. The molecule has 0 radical (unpaired) electrons. The van der Waals surface area contributed by atoms with Crippen molar-refractivity contribution >= 4 is 11.5 Å². The van der Waals surface area contributed by atoms with Crippen LogP contribution in [0, 0.1) is 17.8 Å². The van der Waals surface area contributed by atoms with Gasteiger partial charge in [-0.1, -0.05) is 18.1 Å². The number of fused-ring (bicyclic) bond motifs is 1. The molecule has 4 rings (SSSR count). The van der Waals surface area contributed by atoms with Crippen LogP contribution >= 0.6 is 0 Å². The van der Waals surface area contributed by atoms with E-state index in [1.807, 2.05) is 4.90 Å². The number of halogens is 1. The van der Waals surface area contributed by atoms with Gasteiger partial charge >= 0.3 is 5.69 Å². The van der Waals surface area contributed by atoms with Gasteiger partial charge < -0.3 is 14.7 Å². The number of rotatable bonds is 8. The lowest BCUT2D eigenvalue weighted by molar-refractivity contribution is 0.0216. The summed E-state index contributed by atoms with van der Waals surface area (Å²) in [5, 5.41) is 9.07. The molecule has 0 saturated heterocycles. The first-order chi connectivity index (χ1) is 16.0. The van der Waals surface area contributed by atoms with E-state index in [1.54, 1.807) is 24.1 Å². The second-order valence-corrected chi connectivity index (χ2v) is 8.45. The van der Waals surface area contributed by atoms with E-state index in [1.165, 1.54) is 27.7 Å². The molecule has 9 heteroatoms. The summed E-state index contributed by atoms with van der Waals surface area (Å²) >= 11 is 0. The Morgan fingerprint density at radius 1 is 1.18 bits per heavy atom. The first-order valence-corrected chi connectivity index (χ1v) is 11.3. The van der Waals surface area contributed by atoms with E-state index < -0.39 is 5.69 Å². The number of hydrogen-bond donors (Lipinski definition) is 1. The first-order valence-electron chi connectivity index (χ1n) is 11.3. The Morgan fingerprint density at radius 3 is 2.61 bits per heavy atom. The number of aliphatic hydroxyl groups excluding tert-OH is 1. The zero-order chi connectivity index (χ0) is 23.4. The Hall–Kier alpha value is -3.09. The average molecular weight is 457 g/mol. The lowest BCUT2D eigenvalue weighted by Crippen LogP contribution is -2.41. The molecule has 1 aliphatic heterocycles. The lowest BCUT2D eigenvalue weighted by Gasteiger charge is -2.24. The molecule has 1 N–H and O–H groups in total. The van der Waals surface area contributed by atoms with Crippen LogP contribution in [-0.2, 0) is 24.9 Å². The third-order valence-electron chi connectivity index (χ3n) is 6.11. The molecular formula is C24H29FN4O4. The van der Waals surface area contributed by atoms with Crippen LogP contribution in [0.4, 0.5) is 15.9 Å². The highest BCUT2D eigenvalue weighted by atomic mass is 19.1. The third-order valence-corrected chi connectivity index (χ3v) is 6.11. The lowest BCUT2D eigenvalue weighted by atomic mass is 9.96. The fraction of sp³-hybridized carbons (Fsp3) is 0.500. The zero-order valence-electron chi connectivity index (χ0n) is 18.8. The van der Waals surface area contributed by atoms with Gasteiger partial charge in [-0.3, -0.25) is 18.8 Å². The van der Waals surface area contributed by atoms with E-state index in [-0.39, 0.29) is 30.6 Å². The predicted molar refractivity (Wildman–Crippen MR) is 124 cm³/mol.